The first-order valence-electron chi connectivity index (χ1n) is 10.7. The Hall–Kier alpha value is -3.27. The van der Waals surface area contributed by atoms with E-state index in [1.54, 1.807) is 12.1 Å². The Kier molecular flexibility index (Phi) is 6.79. The van der Waals surface area contributed by atoms with Gasteiger partial charge in [-0.05, 0) is 37.4 Å². The fourth-order valence-electron chi connectivity index (χ4n) is 4.03. The average Bonchev–Trinajstić information content (AvgIpc) is 3.15. The number of carbonyl (C=O) groups is 1. The van der Waals surface area contributed by atoms with E-state index in [1.165, 1.54) is 0 Å². The lowest BCUT2D eigenvalue weighted by Gasteiger charge is -2.35. The number of rotatable bonds is 6. The fourth-order valence-corrected chi connectivity index (χ4v) is 4.21. The molecule has 1 fully saturated rings. The lowest BCUT2D eigenvalue weighted by atomic mass is 10.1. The van der Waals surface area contributed by atoms with Crippen molar-refractivity contribution in [2.45, 2.75) is 13.0 Å². The van der Waals surface area contributed by atoms with Gasteiger partial charge in [-0.1, -0.05) is 29.8 Å². The smallest absolute Gasteiger partial charge is 0.248 e. The molecular formula is C25H26ClN5O. The molecule has 0 radical (unpaired) electrons. The second kappa shape index (κ2) is 9.90. The second-order valence-electron chi connectivity index (χ2n) is 7.98. The number of anilines is 2. The second-order valence-corrected chi connectivity index (χ2v) is 8.41. The number of fused-ring (bicyclic) bond motifs is 1. The zero-order valence-electron chi connectivity index (χ0n) is 18.1. The number of carbonyl (C=O) groups excluding carboxylic acids is 1. The maximum absolute atomic E-state index is 12.8. The third kappa shape index (κ3) is 4.96. The predicted octanol–water partition coefficient (Wildman–Crippen LogP) is 4.61. The van der Waals surface area contributed by atoms with E-state index in [4.69, 9.17) is 16.9 Å². The van der Waals surface area contributed by atoms with Gasteiger partial charge >= 0.3 is 0 Å². The molecule has 3 aromatic rings. The molecule has 0 unspecified atom stereocenters. The third-order valence-electron chi connectivity index (χ3n) is 5.76. The fraction of sp³-hybridized carbons (Fsp3) is 0.280. The van der Waals surface area contributed by atoms with Crippen LogP contribution in [0.5, 0.6) is 0 Å². The molecule has 7 heteroatoms. The number of nitrogens with zero attached hydrogens (tertiary/aromatic N) is 4. The highest BCUT2D eigenvalue weighted by molar-refractivity contribution is 6.31. The first-order valence-corrected chi connectivity index (χ1v) is 11.1. The Balaban J connectivity index is 1.53. The van der Waals surface area contributed by atoms with E-state index in [0.717, 1.165) is 48.3 Å². The topological polar surface area (TPSA) is 64.3 Å². The quantitative estimate of drug-likeness (QED) is 0.560. The molecule has 1 aliphatic rings. The van der Waals surface area contributed by atoms with Gasteiger partial charge < -0.3 is 19.7 Å². The number of benzene rings is 2. The molecule has 1 aromatic heterocycles. The van der Waals surface area contributed by atoms with Crippen LogP contribution in [0, 0.1) is 11.3 Å². The van der Waals surface area contributed by atoms with Gasteiger partial charge in [-0.3, -0.25) is 4.79 Å². The van der Waals surface area contributed by atoms with Crippen molar-refractivity contribution in [3.8, 4) is 6.07 Å². The van der Waals surface area contributed by atoms with Crippen LogP contribution in [0.2, 0.25) is 5.02 Å². The van der Waals surface area contributed by atoms with Gasteiger partial charge in [0.1, 0.15) is 0 Å². The lowest BCUT2D eigenvalue weighted by molar-refractivity contribution is -0.111. The van der Waals surface area contributed by atoms with E-state index in [-0.39, 0.29) is 5.91 Å². The highest BCUT2D eigenvalue weighted by atomic mass is 35.5. The normalized spacial score (nSPS) is 14.7. The number of piperazine rings is 1. The van der Waals surface area contributed by atoms with Crippen molar-refractivity contribution < 1.29 is 4.79 Å². The predicted molar refractivity (Wildman–Crippen MR) is 131 cm³/mol. The van der Waals surface area contributed by atoms with Gasteiger partial charge in [0, 0.05) is 66.5 Å². The highest BCUT2D eigenvalue weighted by Crippen LogP contribution is 2.30. The van der Waals surface area contributed by atoms with E-state index in [1.807, 2.05) is 48.7 Å². The molecule has 1 N–H and O–H groups in total. The summed E-state index contributed by atoms with van der Waals surface area (Å²) in [7, 11) is 2.12. The van der Waals surface area contributed by atoms with Gasteiger partial charge in [0.25, 0.3) is 0 Å². The molecule has 0 aliphatic carbocycles. The average molecular weight is 448 g/mol. The molecule has 0 saturated carbocycles. The molecule has 1 amide bonds. The van der Waals surface area contributed by atoms with E-state index >= 15 is 0 Å². The first-order chi connectivity index (χ1) is 15.5. The minimum absolute atomic E-state index is 0.212. The molecule has 1 aliphatic heterocycles. The number of para-hydroxylation sites is 1. The monoisotopic (exact) mass is 447 g/mol. The highest BCUT2D eigenvalue weighted by Gasteiger charge is 2.18. The number of hydrogen-bond donors (Lipinski definition) is 1. The van der Waals surface area contributed by atoms with E-state index < -0.39 is 0 Å². The van der Waals surface area contributed by atoms with Gasteiger partial charge in [0.2, 0.25) is 5.91 Å². The van der Waals surface area contributed by atoms with Crippen LogP contribution in [-0.2, 0) is 11.3 Å². The number of likely N-dealkylation sites (N-methyl/N-ethyl adjacent to an activating group) is 1. The zero-order chi connectivity index (χ0) is 22.5. The van der Waals surface area contributed by atoms with Crippen LogP contribution < -0.4 is 10.2 Å². The van der Waals surface area contributed by atoms with E-state index in [9.17, 15) is 4.79 Å². The number of amides is 1. The Morgan fingerprint density at radius 1 is 1.19 bits per heavy atom. The van der Waals surface area contributed by atoms with Crippen molar-refractivity contribution in [1.82, 2.24) is 9.47 Å². The van der Waals surface area contributed by atoms with E-state index in [0.29, 0.717) is 23.7 Å². The first kappa shape index (κ1) is 21.9. The molecular weight excluding hydrogens is 422 g/mol. The van der Waals surface area contributed by atoms with Crippen LogP contribution in [0.3, 0.4) is 0 Å². The lowest BCUT2D eigenvalue weighted by Crippen LogP contribution is -2.44. The molecule has 4 rings (SSSR count). The third-order valence-corrected chi connectivity index (χ3v) is 5.99. The van der Waals surface area contributed by atoms with E-state index in [2.05, 4.69) is 32.8 Å². The molecule has 0 atom stereocenters. The minimum atomic E-state index is -0.212. The summed E-state index contributed by atoms with van der Waals surface area (Å²) in [6.07, 6.45) is 5.79. The SMILES string of the molecule is CN1CCN(c2ccc(Cl)cc2NC(=O)/C=C/c2cn(CCC#N)c3ccccc23)CC1. The number of halogens is 1. The Morgan fingerprint density at radius 2 is 1.97 bits per heavy atom. The molecule has 0 bridgehead atoms. The Labute approximate surface area is 193 Å². The van der Waals surface area contributed by atoms with Crippen molar-refractivity contribution in [2.24, 2.45) is 0 Å². The molecule has 6 nitrogen and oxygen atoms in total. The maximum atomic E-state index is 12.8. The van der Waals surface area contributed by atoms with Gasteiger partial charge in [-0.25, -0.2) is 0 Å². The summed E-state index contributed by atoms with van der Waals surface area (Å²) in [5.74, 6) is -0.212. The summed E-state index contributed by atoms with van der Waals surface area (Å²) in [5, 5.41) is 13.6. The summed E-state index contributed by atoms with van der Waals surface area (Å²) in [4.78, 5) is 17.3. The Morgan fingerprint density at radius 3 is 2.75 bits per heavy atom. The summed E-state index contributed by atoms with van der Waals surface area (Å²) >= 11 is 6.22. The van der Waals surface area contributed by atoms with Crippen molar-refractivity contribution in [3.05, 3.63) is 65.3 Å². The van der Waals surface area contributed by atoms with Crippen LogP contribution in [0.1, 0.15) is 12.0 Å². The van der Waals surface area contributed by atoms with Crippen molar-refractivity contribution >= 4 is 45.9 Å². The summed E-state index contributed by atoms with van der Waals surface area (Å²) in [5.41, 5.74) is 3.69. The van der Waals surface area contributed by atoms with Gasteiger partial charge in [0.05, 0.1) is 23.9 Å². The number of nitrogens with one attached hydrogen (secondary N) is 1. The van der Waals surface area contributed by atoms with Gasteiger partial charge in [-0.15, -0.1) is 0 Å². The minimum Gasteiger partial charge on any atom is -0.367 e. The molecule has 164 valence electrons. The number of aromatic nitrogens is 1. The molecule has 2 aromatic carbocycles. The zero-order valence-corrected chi connectivity index (χ0v) is 18.8. The number of hydrogen-bond acceptors (Lipinski definition) is 4. The standard InChI is InChI=1S/C25H26ClN5O/c1-29-13-15-30(16-14-29)24-9-8-20(26)17-22(24)28-25(32)10-7-19-18-31(12-4-11-27)23-6-3-2-5-21(19)23/h2-3,5-10,17-18H,4,12-16H2,1H3,(H,28,32)/b10-7+. The number of aryl methyl sites for hydroxylation is 1. The van der Waals surface area contributed by atoms with Crippen LogP contribution in [0.25, 0.3) is 17.0 Å². The Bertz CT molecular complexity index is 1180. The summed E-state index contributed by atoms with van der Waals surface area (Å²) in [6.45, 7) is 4.38. The summed E-state index contributed by atoms with van der Waals surface area (Å²) in [6, 6.07) is 15.8. The van der Waals surface area contributed by atoms with Crippen molar-refractivity contribution in [1.29, 1.82) is 5.26 Å². The van der Waals surface area contributed by atoms with Crippen LogP contribution in [0.4, 0.5) is 11.4 Å². The summed E-state index contributed by atoms with van der Waals surface area (Å²) < 4.78 is 2.05. The van der Waals surface area contributed by atoms with Crippen LogP contribution in [0.15, 0.2) is 54.7 Å². The largest absolute Gasteiger partial charge is 0.367 e. The number of nitriles is 1. The van der Waals surface area contributed by atoms with Crippen LogP contribution >= 0.6 is 11.6 Å². The molecule has 32 heavy (non-hydrogen) atoms. The van der Waals surface area contributed by atoms with Gasteiger partial charge in [-0.2, -0.15) is 5.26 Å². The molecule has 1 saturated heterocycles. The molecule has 2 heterocycles. The van der Waals surface area contributed by atoms with Crippen molar-refractivity contribution in [2.75, 3.05) is 43.4 Å². The van der Waals surface area contributed by atoms with Crippen LogP contribution in [-0.4, -0.2) is 48.6 Å². The van der Waals surface area contributed by atoms with Crippen molar-refractivity contribution in [3.63, 3.8) is 0 Å². The van der Waals surface area contributed by atoms with Gasteiger partial charge in [0.15, 0.2) is 0 Å². The maximum Gasteiger partial charge on any atom is 0.248 e. The molecule has 0 spiro atoms.